The van der Waals surface area contributed by atoms with Gasteiger partial charge in [-0.15, -0.1) is 0 Å². The van der Waals surface area contributed by atoms with Crippen LogP contribution in [0.4, 0.5) is 5.69 Å². The first kappa shape index (κ1) is 9.13. The molecule has 0 atom stereocenters. The van der Waals surface area contributed by atoms with E-state index >= 15 is 0 Å². The van der Waals surface area contributed by atoms with Crippen LogP contribution in [0.2, 0.25) is 0 Å². The standard InChI is InChI=1S/C12H15NO/c1-8-5-6-10-11(7-8)14-12(3,4)9(2)13-10/h5-7,13H,2H2,1,3-4H3. The van der Waals surface area contributed by atoms with Crippen molar-refractivity contribution in [2.75, 3.05) is 5.32 Å². The van der Waals surface area contributed by atoms with E-state index < -0.39 is 0 Å². The lowest BCUT2D eigenvalue weighted by atomic mass is 10.0. The summed E-state index contributed by atoms with van der Waals surface area (Å²) in [4.78, 5) is 0. The van der Waals surface area contributed by atoms with Crippen LogP contribution in [0.1, 0.15) is 19.4 Å². The van der Waals surface area contributed by atoms with Gasteiger partial charge in [0, 0.05) is 0 Å². The molecule has 0 fully saturated rings. The Kier molecular flexibility index (Phi) is 1.81. The molecule has 14 heavy (non-hydrogen) atoms. The topological polar surface area (TPSA) is 21.3 Å². The molecule has 2 nitrogen and oxygen atoms in total. The summed E-state index contributed by atoms with van der Waals surface area (Å²) in [7, 11) is 0. The molecule has 0 aromatic heterocycles. The first-order valence-electron chi connectivity index (χ1n) is 4.75. The lowest BCUT2D eigenvalue weighted by Crippen LogP contribution is -2.37. The second-order valence-electron chi connectivity index (χ2n) is 4.22. The molecule has 0 saturated carbocycles. The summed E-state index contributed by atoms with van der Waals surface area (Å²) in [6, 6.07) is 6.11. The van der Waals surface area contributed by atoms with Gasteiger partial charge in [0.05, 0.1) is 11.4 Å². The highest BCUT2D eigenvalue weighted by Gasteiger charge is 2.29. The summed E-state index contributed by atoms with van der Waals surface area (Å²) >= 11 is 0. The highest BCUT2D eigenvalue weighted by atomic mass is 16.5. The van der Waals surface area contributed by atoms with Crippen molar-refractivity contribution in [3.8, 4) is 5.75 Å². The summed E-state index contributed by atoms with van der Waals surface area (Å²) in [5, 5.41) is 3.26. The number of hydrogen-bond acceptors (Lipinski definition) is 2. The molecule has 1 heterocycles. The largest absolute Gasteiger partial charge is 0.479 e. The van der Waals surface area contributed by atoms with E-state index in [9.17, 15) is 0 Å². The molecule has 1 aliphatic rings. The zero-order valence-electron chi connectivity index (χ0n) is 8.85. The van der Waals surface area contributed by atoms with Crippen LogP contribution in [-0.4, -0.2) is 5.60 Å². The average molecular weight is 189 g/mol. The van der Waals surface area contributed by atoms with Gasteiger partial charge >= 0.3 is 0 Å². The lowest BCUT2D eigenvalue weighted by Gasteiger charge is -2.35. The van der Waals surface area contributed by atoms with Crippen LogP contribution in [0.15, 0.2) is 30.5 Å². The van der Waals surface area contributed by atoms with Gasteiger partial charge in [-0.05, 0) is 38.5 Å². The normalized spacial score (nSPS) is 18.1. The zero-order valence-corrected chi connectivity index (χ0v) is 8.85. The molecule has 1 N–H and O–H groups in total. The number of fused-ring (bicyclic) bond motifs is 1. The quantitative estimate of drug-likeness (QED) is 0.677. The highest BCUT2D eigenvalue weighted by molar-refractivity contribution is 5.63. The molecular formula is C12H15NO. The van der Waals surface area contributed by atoms with Gasteiger partial charge in [-0.25, -0.2) is 0 Å². The van der Waals surface area contributed by atoms with Crippen molar-refractivity contribution >= 4 is 5.69 Å². The van der Waals surface area contributed by atoms with E-state index in [1.807, 2.05) is 26.0 Å². The third-order valence-electron chi connectivity index (χ3n) is 2.51. The van der Waals surface area contributed by atoms with Crippen LogP contribution < -0.4 is 10.1 Å². The molecule has 74 valence electrons. The molecule has 0 bridgehead atoms. The zero-order chi connectivity index (χ0) is 10.3. The van der Waals surface area contributed by atoms with Gasteiger partial charge in [-0.2, -0.15) is 0 Å². The smallest absolute Gasteiger partial charge is 0.144 e. The second-order valence-corrected chi connectivity index (χ2v) is 4.22. The fourth-order valence-electron chi connectivity index (χ4n) is 1.47. The maximum absolute atomic E-state index is 5.85. The van der Waals surface area contributed by atoms with E-state index in [4.69, 9.17) is 4.74 Å². The van der Waals surface area contributed by atoms with Gasteiger partial charge in [0.2, 0.25) is 0 Å². The third-order valence-corrected chi connectivity index (χ3v) is 2.51. The maximum atomic E-state index is 5.85. The number of nitrogens with one attached hydrogen (secondary N) is 1. The Balaban J connectivity index is 2.46. The second kappa shape index (κ2) is 2.77. The molecule has 0 radical (unpaired) electrons. The van der Waals surface area contributed by atoms with Crippen LogP contribution in [-0.2, 0) is 0 Å². The van der Waals surface area contributed by atoms with Gasteiger partial charge in [-0.3, -0.25) is 0 Å². The van der Waals surface area contributed by atoms with Crippen molar-refractivity contribution in [3.05, 3.63) is 36.0 Å². The summed E-state index contributed by atoms with van der Waals surface area (Å²) in [5.41, 5.74) is 2.77. The van der Waals surface area contributed by atoms with Crippen molar-refractivity contribution in [2.24, 2.45) is 0 Å². The fraction of sp³-hybridized carbons (Fsp3) is 0.333. The molecule has 1 aliphatic heterocycles. The van der Waals surface area contributed by atoms with Gasteiger partial charge in [-0.1, -0.05) is 12.6 Å². The van der Waals surface area contributed by atoms with Gasteiger partial charge in [0.15, 0.2) is 0 Å². The number of anilines is 1. The summed E-state index contributed by atoms with van der Waals surface area (Å²) in [6.45, 7) is 10.0. The molecule has 0 aliphatic carbocycles. The number of hydrogen-bond donors (Lipinski definition) is 1. The summed E-state index contributed by atoms with van der Waals surface area (Å²) < 4.78 is 5.85. The lowest BCUT2D eigenvalue weighted by molar-refractivity contribution is 0.144. The summed E-state index contributed by atoms with van der Waals surface area (Å²) in [6.07, 6.45) is 0. The predicted octanol–water partition coefficient (Wildman–Crippen LogP) is 3.09. The van der Waals surface area contributed by atoms with Crippen LogP contribution >= 0.6 is 0 Å². The minimum absolute atomic E-state index is 0.333. The van der Waals surface area contributed by atoms with Crippen molar-refractivity contribution in [1.82, 2.24) is 0 Å². The van der Waals surface area contributed by atoms with Gasteiger partial charge < -0.3 is 10.1 Å². The van der Waals surface area contributed by atoms with Gasteiger partial charge in [0.25, 0.3) is 0 Å². The Hall–Kier alpha value is -1.44. The molecule has 0 saturated heterocycles. The monoisotopic (exact) mass is 189 g/mol. The first-order valence-corrected chi connectivity index (χ1v) is 4.75. The Morgan fingerprint density at radius 3 is 2.79 bits per heavy atom. The van der Waals surface area contributed by atoms with Crippen molar-refractivity contribution in [2.45, 2.75) is 26.4 Å². The Morgan fingerprint density at radius 1 is 1.36 bits per heavy atom. The maximum Gasteiger partial charge on any atom is 0.144 e. The van der Waals surface area contributed by atoms with Crippen LogP contribution in [0.3, 0.4) is 0 Å². The third kappa shape index (κ3) is 1.37. The predicted molar refractivity (Wildman–Crippen MR) is 58.6 cm³/mol. The molecule has 0 spiro atoms. The molecule has 1 aromatic rings. The molecular weight excluding hydrogens is 174 g/mol. The molecule has 2 heteroatoms. The SMILES string of the molecule is C=C1Nc2ccc(C)cc2OC1(C)C. The number of aryl methyl sites for hydroxylation is 1. The molecule has 2 rings (SSSR count). The van der Waals surface area contributed by atoms with E-state index in [-0.39, 0.29) is 5.60 Å². The van der Waals surface area contributed by atoms with Crippen LogP contribution in [0.5, 0.6) is 5.75 Å². The molecule has 1 aromatic carbocycles. The van der Waals surface area contributed by atoms with E-state index in [1.54, 1.807) is 0 Å². The van der Waals surface area contributed by atoms with E-state index in [2.05, 4.69) is 24.9 Å². The Labute approximate surface area is 84.6 Å². The average Bonchev–Trinajstić information content (AvgIpc) is 2.07. The number of rotatable bonds is 0. The van der Waals surface area contributed by atoms with Crippen molar-refractivity contribution in [3.63, 3.8) is 0 Å². The van der Waals surface area contributed by atoms with Crippen molar-refractivity contribution < 1.29 is 4.74 Å². The first-order chi connectivity index (χ1) is 6.49. The van der Waals surface area contributed by atoms with E-state index in [0.29, 0.717) is 0 Å². The Morgan fingerprint density at radius 2 is 2.07 bits per heavy atom. The van der Waals surface area contributed by atoms with Crippen LogP contribution in [0, 0.1) is 6.92 Å². The Bertz CT molecular complexity index is 393. The minimum Gasteiger partial charge on any atom is -0.479 e. The van der Waals surface area contributed by atoms with E-state index in [0.717, 1.165) is 17.1 Å². The highest BCUT2D eigenvalue weighted by Crippen LogP contribution is 2.37. The fourth-order valence-corrected chi connectivity index (χ4v) is 1.47. The number of ether oxygens (including phenoxy) is 1. The van der Waals surface area contributed by atoms with Crippen molar-refractivity contribution in [1.29, 1.82) is 0 Å². The van der Waals surface area contributed by atoms with Crippen LogP contribution in [0.25, 0.3) is 0 Å². The summed E-state index contributed by atoms with van der Waals surface area (Å²) in [5.74, 6) is 0.905. The minimum atomic E-state index is -0.333. The van der Waals surface area contributed by atoms with E-state index in [1.165, 1.54) is 5.56 Å². The number of benzene rings is 1. The molecule has 0 amide bonds. The molecule has 0 unspecified atom stereocenters. The van der Waals surface area contributed by atoms with Gasteiger partial charge in [0.1, 0.15) is 11.4 Å².